The van der Waals surface area contributed by atoms with Crippen LogP contribution in [0.4, 0.5) is 0 Å². The summed E-state index contributed by atoms with van der Waals surface area (Å²) >= 11 is 4.97. The van der Waals surface area contributed by atoms with Crippen LogP contribution in [0.1, 0.15) is 29.0 Å². The highest BCUT2D eigenvalue weighted by molar-refractivity contribution is 8.01. The van der Waals surface area contributed by atoms with Crippen LogP contribution < -0.4 is 0 Å². The van der Waals surface area contributed by atoms with E-state index in [2.05, 4.69) is 16.4 Å². The minimum absolute atomic E-state index is 0.141. The average molecular weight is 381 g/mol. The Hall–Kier alpha value is -0.890. The molecule has 7 heteroatoms. The molecule has 128 valence electrons. The molecule has 0 atom stereocenters. The third-order valence-corrected chi connectivity index (χ3v) is 8.02. The Morgan fingerprint density at radius 2 is 2.25 bits per heavy atom. The fourth-order valence-electron chi connectivity index (χ4n) is 3.46. The number of nitrogens with zero attached hydrogens (tertiary/aromatic N) is 2. The number of carbonyl (C=O) groups excluding carboxylic acids is 1. The second-order valence-corrected chi connectivity index (χ2v) is 9.29. The summed E-state index contributed by atoms with van der Waals surface area (Å²) in [5.41, 5.74) is 2.33. The van der Waals surface area contributed by atoms with Crippen molar-refractivity contribution in [2.45, 2.75) is 36.1 Å². The number of aromatic nitrogens is 1. The number of ether oxygens (including phenoxy) is 1. The first kappa shape index (κ1) is 16.6. The minimum Gasteiger partial charge on any atom is -0.369 e. The average Bonchev–Trinajstić information content (AvgIpc) is 3.23. The number of hydrogen-bond donors (Lipinski definition) is 0. The van der Waals surface area contributed by atoms with Gasteiger partial charge in [-0.1, -0.05) is 11.8 Å². The smallest absolute Gasteiger partial charge is 0.233 e. The predicted octanol–water partition coefficient (Wildman–Crippen LogP) is 3.70. The van der Waals surface area contributed by atoms with E-state index >= 15 is 0 Å². The van der Waals surface area contributed by atoms with Gasteiger partial charge in [-0.2, -0.15) is 0 Å². The van der Waals surface area contributed by atoms with Crippen LogP contribution in [0.2, 0.25) is 0 Å². The topological polar surface area (TPSA) is 42.4 Å². The molecule has 0 radical (unpaired) electrons. The van der Waals surface area contributed by atoms with Crippen LogP contribution in [0.25, 0.3) is 0 Å². The largest absolute Gasteiger partial charge is 0.369 e. The van der Waals surface area contributed by atoms with Gasteiger partial charge in [-0.05, 0) is 43.2 Å². The first-order valence-corrected chi connectivity index (χ1v) is 10.9. The molecule has 0 unspecified atom stereocenters. The van der Waals surface area contributed by atoms with Crippen LogP contribution in [-0.4, -0.2) is 41.2 Å². The number of carbonyl (C=O) groups is 1. The Morgan fingerprint density at radius 1 is 1.42 bits per heavy atom. The fraction of sp³-hybridized carbons (Fsp3) is 0.529. The van der Waals surface area contributed by atoms with E-state index in [0.717, 1.165) is 49.0 Å². The lowest BCUT2D eigenvalue weighted by molar-refractivity contribution is -0.137. The molecule has 4 nitrogen and oxygen atoms in total. The van der Waals surface area contributed by atoms with E-state index in [1.165, 1.54) is 10.4 Å². The standard InChI is InChI=1S/C17H20N2O2S3/c1-12-10-23-16(18-12)24-11-14(20)19-6-4-17(5-7-19)15-13(2-8-21-17)3-9-22-15/h3,9-10H,2,4-8,11H2,1H3. The maximum absolute atomic E-state index is 12.5. The minimum atomic E-state index is -0.141. The molecule has 1 amide bonds. The van der Waals surface area contributed by atoms with Crippen molar-refractivity contribution in [3.63, 3.8) is 0 Å². The zero-order valence-corrected chi connectivity index (χ0v) is 16.1. The Kier molecular flexibility index (Phi) is 4.68. The summed E-state index contributed by atoms with van der Waals surface area (Å²) in [6.45, 7) is 4.35. The van der Waals surface area contributed by atoms with E-state index in [0.29, 0.717) is 5.75 Å². The molecule has 2 aromatic rings. The molecule has 0 aromatic carbocycles. The van der Waals surface area contributed by atoms with Crippen molar-refractivity contribution in [2.24, 2.45) is 0 Å². The van der Waals surface area contributed by atoms with Gasteiger partial charge in [0.1, 0.15) is 5.60 Å². The highest BCUT2D eigenvalue weighted by Crippen LogP contribution is 2.44. The number of thiazole rings is 1. The normalized spacial score (nSPS) is 19.5. The van der Waals surface area contributed by atoms with Gasteiger partial charge in [0.25, 0.3) is 0 Å². The zero-order chi connectivity index (χ0) is 16.6. The lowest BCUT2D eigenvalue weighted by atomic mass is 9.85. The molecule has 1 fully saturated rings. The molecule has 0 saturated carbocycles. The van der Waals surface area contributed by atoms with E-state index in [9.17, 15) is 4.79 Å². The second kappa shape index (κ2) is 6.78. The number of piperidine rings is 1. The van der Waals surface area contributed by atoms with Gasteiger partial charge in [-0.3, -0.25) is 4.79 Å². The number of hydrogen-bond acceptors (Lipinski definition) is 6. The summed E-state index contributed by atoms with van der Waals surface area (Å²) in [4.78, 5) is 20.3. The summed E-state index contributed by atoms with van der Waals surface area (Å²) in [5.74, 6) is 0.690. The number of thioether (sulfide) groups is 1. The van der Waals surface area contributed by atoms with Crippen LogP contribution in [-0.2, 0) is 21.6 Å². The lowest BCUT2D eigenvalue weighted by Crippen LogP contribution is -2.48. The molecular formula is C17H20N2O2S3. The number of rotatable bonds is 3. The number of amides is 1. The molecule has 0 N–H and O–H groups in total. The lowest BCUT2D eigenvalue weighted by Gasteiger charge is -2.43. The molecule has 4 heterocycles. The Bertz CT molecular complexity index is 732. The van der Waals surface area contributed by atoms with Crippen molar-refractivity contribution in [3.05, 3.63) is 33.0 Å². The SMILES string of the molecule is Cc1csc(SCC(=O)N2CCC3(CC2)OCCc2ccsc23)n1. The van der Waals surface area contributed by atoms with Crippen molar-refractivity contribution in [2.75, 3.05) is 25.4 Å². The van der Waals surface area contributed by atoms with Crippen LogP contribution in [0.3, 0.4) is 0 Å². The van der Waals surface area contributed by atoms with E-state index in [4.69, 9.17) is 4.74 Å². The van der Waals surface area contributed by atoms with Crippen LogP contribution in [0.15, 0.2) is 21.2 Å². The van der Waals surface area contributed by atoms with Gasteiger partial charge >= 0.3 is 0 Å². The summed E-state index contributed by atoms with van der Waals surface area (Å²) < 4.78 is 7.19. The van der Waals surface area contributed by atoms with Gasteiger partial charge in [-0.15, -0.1) is 22.7 Å². The molecule has 2 aliphatic rings. The van der Waals surface area contributed by atoms with Crippen molar-refractivity contribution in [1.82, 2.24) is 9.88 Å². The molecule has 2 aromatic heterocycles. The van der Waals surface area contributed by atoms with Gasteiger partial charge in [0, 0.05) is 29.0 Å². The van der Waals surface area contributed by atoms with Crippen molar-refractivity contribution < 1.29 is 9.53 Å². The van der Waals surface area contributed by atoms with E-state index in [1.54, 1.807) is 23.1 Å². The molecule has 24 heavy (non-hydrogen) atoms. The van der Waals surface area contributed by atoms with E-state index in [1.807, 2.05) is 28.5 Å². The number of fused-ring (bicyclic) bond motifs is 2. The second-order valence-electron chi connectivity index (χ2n) is 6.29. The quantitative estimate of drug-likeness (QED) is 0.762. The summed E-state index contributed by atoms with van der Waals surface area (Å²) in [6, 6.07) is 2.23. The first-order chi connectivity index (χ1) is 11.7. The third kappa shape index (κ3) is 3.14. The number of likely N-dealkylation sites (tertiary alicyclic amines) is 1. The Balaban J connectivity index is 1.36. The van der Waals surface area contributed by atoms with Gasteiger partial charge < -0.3 is 9.64 Å². The molecule has 1 saturated heterocycles. The monoisotopic (exact) mass is 380 g/mol. The van der Waals surface area contributed by atoms with Gasteiger partial charge in [-0.25, -0.2) is 4.98 Å². The number of thiophene rings is 1. The summed E-state index contributed by atoms with van der Waals surface area (Å²) in [6.07, 6.45) is 2.84. The van der Waals surface area contributed by atoms with E-state index in [-0.39, 0.29) is 11.5 Å². The van der Waals surface area contributed by atoms with Crippen molar-refractivity contribution >= 4 is 40.3 Å². The fourth-order valence-corrected chi connectivity index (χ4v) is 6.38. The maximum Gasteiger partial charge on any atom is 0.233 e. The molecule has 0 bridgehead atoms. The number of aryl methyl sites for hydroxylation is 1. The summed E-state index contributed by atoms with van der Waals surface area (Å²) in [7, 11) is 0. The first-order valence-electron chi connectivity index (χ1n) is 8.20. The molecule has 2 aliphatic heterocycles. The van der Waals surface area contributed by atoms with E-state index < -0.39 is 0 Å². The predicted molar refractivity (Wildman–Crippen MR) is 99.0 cm³/mol. The molecule has 1 spiro atoms. The van der Waals surface area contributed by atoms with Crippen LogP contribution >= 0.6 is 34.4 Å². The Labute approximate surface area is 154 Å². The third-order valence-electron chi connectivity index (χ3n) is 4.75. The Morgan fingerprint density at radius 3 is 3.00 bits per heavy atom. The van der Waals surface area contributed by atoms with Gasteiger partial charge in [0.15, 0.2) is 4.34 Å². The maximum atomic E-state index is 12.5. The van der Waals surface area contributed by atoms with Gasteiger partial charge in [0.05, 0.1) is 12.4 Å². The van der Waals surface area contributed by atoms with Gasteiger partial charge in [0.2, 0.25) is 5.91 Å². The summed E-state index contributed by atoms with van der Waals surface area (Å²) in [5, 5.41) is 4.20. The van der Waals surface area contributed by atoms with Crippen LogP contribution in [0.5, 0.6) is 0 Å². The van der Waals surface area contributed by atoms with Crippen molar-refractivity contribution in [1.29, 1.82) is 0 Å². The molecule has 4 rings (SSSR count). The van der Waals surface area contributed by atoms with Crippen molar-refractivity contribution in [3.8, 4) is 0 Å². The molecule has 0 aliphatic carbocycles. The van der Waals surface area contributed by atoms with Crippen LogP contribution in [0, 0.1) is 6.92 Å². The highest BCUT2D eigenvalue weighted by Gasteiger charge is 2.42. The highest BCUT2D eigenvalue weighted by atomic mass is 32.2. The molecular weight excluding hydrogens is 360 g/mol. The zero-order valence-electron chi connectivity index (χ0n) is 13.6.